The Labute approximate surface area is 174 Å². The monoisotopic (exact) mass is 410 g/mol. The summed E-state index contributed by atoms with van der Waals surface area (Å²) in [6.07, 6.45) is 5.41. The van der Waals surface area contributed by atoms with Gasteiger partial charge in [0.2, 0.25) is 0 Å². The van der Waals surface area contributed by atoms with E-state index in [1.165, 1.54) is 18.3 Å². The Balaban J connectivity index is 1.83. The molecule has 1 aliphatic heterocycles. The number of anilines is 2. The molecule has 1 aliphatic rings. The predicted molar refractivity (Wildman–Crippen MR) is 113 cm³/mol. The molecule has 3 aromatic rings. The summed E-state index contributed by atoms with van der Waals surface area (Å²) in [5.74, 6) is -1.53. The van der Waals surface area contributed by atoms with Gasteiger partial charge < -0.3 is 10.2 Å². The zero-order chi connectivity index (χ0) is 21.3. The lowest BCUT2D eigenvalue weighted by molar-refractivity contribution is 0.0609. The third-order valence-electron chi connectivity index (χ3n) is 5.65. The molecule has 1 fully saturated rings. The van der Waals surface area contributed by atoms with Gasteiger partial charge >= 0.3 is 0 Å². The van der Waals surface area contributed by atoms with E-state index >= 15 is 0 Å². The molecule has 4 rings (SSSR count). The van der Waals surface area contributed by atoms with Crippen LogP contribution in [0.1, 0.15) is 48.7 Å². The standard InChI is InChI=1S/C23H24F2N4O/c1-3-16-6-4-5-11-29(16)23(30)18-13-26-22-17(9-7-14(2)27-22)21(18)28-20-10-8-15(24)12-19(20)25/h7-10,12-13,16H,3-6,11H2,1-2H3,(H,26,27,28)/t16-/m0/s1. The van der Waals surface area contributed by atoms with Crippen LogP contribution in [-0.2, 0) is 0 Å². The highest BCUT2D eigenvalue weighted by Gasteiger charge is 2.29. The van der Waals surface area contributed by atoms with Crippen molar-refractivity contribution in [1.29, 1.82) is 0 Å². The van der Waals surface area contributed by atoms with Gasteiger partial charge in [0.1, 0.15) is 11.6 Å². The van der Waals surface area contributed by atoms with Crippen molar-refractivity contribution in [2.45, 2.75) is 45.6 Å². The Morgan fingerprint density at radius 1 is 1.23 bits per heavy atom. The van der Waals surface area contributed by atoms with Crippen LogP contribution in [-0.4, -0.2) is 33.4 Å². The number of benzene rings is 1. The van der Waals surface area contributed by atoms with Gasteiger partial charge in [0.25, 0.3) is 5.91 Å². The second-order valence-corrected chi connectivity index (χ2v) is 7.68. The molecule has 5 nitrogen and oxygen atoms in total. The van der Waals surface area contributed by atoms with Crippen LogP contribution in [0.15, 0.2) is 36.5 Å². The minimum atomic E-state index is -0.733. The molecule has 7 heteroatoms. The maximum Gasteiger partial charge on any atom is 0.257 e. The molecular weight excluding hydrogens is 386 g/mol. The molecule has 1 amide bonds. The van der Waals surface area contributed by atoms with Crippen LogP contribution in [0.4, 0.5) is 20.2 Å². The number of piperidine rings is 1. The number of fused-ring (bicyclic) bond motifs is 1. The topological polar surface area (TPSA) is 58.1 Å². The van der Waals surface area contributed by atoms with Crippen LogP contribution in [0.5, 0.6) is 0 Å². The highest BCUT2D eigenvalue weighted by Crippen LogP contribution is 2.32. The summed E-state index contributed by atoms with van der Waals surface area (Å²) in [4.78, 5) is 24.2. The van der Waals surface area contributed by atoms with Gasteiger partial charge in [-0.3, -0.25) is 4.79 Å². The second kappa shape index (κ2) is 8.34. The fourth-order valence-electron chi connectivity index (χ4n) is 4.04. The largest absolute Gasteiger partial charge is 0.352 e. The van der Waals surface area contributed by atoms with Gasteiger partial charge in [0, 0.05) is 35.9 Å². The van der Waals surface area contributed by atoms with Crippen LogP contribution in [0, 0.1) is 18.6 Å². The minimum absolute atomic E-state index is 0.0872. The van der Waals surface area contributed by atoms with Crippen LogP contribution >= 0.6 is 0 Å². The maximum absolute atomic E-state index is 14.4. The Kier molecular flexibility index (Phi) is 5.61. The van der Waals surface area contributed by atoms with E-state index in [1.807, 2.05) is 24.0 Å². The van der Waals surface area contributed by atoms with E-state index in [2.05, 4.69) is 22.2 Å². The summed E-state index contributed by atoms with van der Waals surface area (Å²) in [6.45, 7) is 4.62. The molecule has 156 valence electrons. The lowest BCUT2D eigenvalue weighted by atomic mass is 9.98. The van der Waals surface area contributed by atoms with Gasteiger partial charge in [-0.15, -0.1) is 0 Å². The van der Waals surface area contributed by atoms with Crippen LogP contribution in [0.2, 0.25) is 0 Å². The van der Waals surface area contributed by atoms with Crippen LogP contribution in [0.25, 0.3) is 11.0 Å². The number of nitrogens with one attached hydrogen (secondary N) is 1. The first-order chi connectivity index (χ1) is 14.5. The molecule has 30 heavy (non-hydrogen) atoms. The van der Waals surface area contributed by atoms with Gasteiger partial charge in [-0.05, 0) is 56.9 Å². The molecular formula is C23H24F2N4O. The van der Waals surface area contributed by atoms with Crippen molar-refractivity contribution in [3.63, 3.8) is 0 Å². The molecule has 1 aromatic carbocycles. The molecule has 2 aromatic heterocycles. The van der Waals surface area contributed by atoms with Gasteiger partial charge in [0.05, 0.1) is 16.9 Å². The fourth-order valence-corrected chi connectivity index (χ4v) is 4.04. The first-order valence-corrected chi connectivity index (χ1v) is 10.3. The fraction of sp³-hybridized carbons (Fsp3) is 0.348. The number of hydrogen-bond acceptors (Lipinski definition) is 4. The van der Waals surface area contributed by atoms with Crippen molar-refractivity contribution in [3.05, 3.63) is 59.4 Å². The predicted octanol–water partition coefficient (Wildman–Crippen LogP) is 5.36. The number of halogens is 2. The minimum Gasteiger partial charge on any atom is -0.352 e. The average molecular weight is 410 g/mol. The van der Waals surface area contributed by atoms with Gasteiger partial charge in [-0.1, -0.05) is 6.92 Å². The number of likely N-dealkylation sites (tertiary alicyclic amines) is 1. The normalized spacial score (nSPS) is 16.7. The molecule has 0 bridgehead atoms. The molecule has 0 radical (unpaired) electrons. The van der Waals surface area contributed by atoms with E-state index in [1.54, 1.807) is 0 Å². The van der Waals surface area contributed by atoms with Gasteiger partial charge in [0.15, 0.2) is 5.65 Å². The molecule has 1 atom stereocenters. The Bertz CT molecular complexity index is 1100. The molecule has 1 saturated heterocycles. The lowest BCUT2D eigenvalue weighted by Crippen LogP contribution is -2.43. The van der Waals surface area contributed by atoms with Crippen molar-refractivity contribution in [1.82, 2.24) is 14.9 Å². The Morgan fingerprint density at radius 3 is 2.83 bits per heavy atom. The van der Waals surface area contributed by atoms with Crippen LogP contribution in [0.3, 0.4) is 0 Å². The third kappa shape index (κ3) is 3.84. The van der Waals surface area contributed by atoms with E-state index in [0.717, 1.165) is 37.4 Å². The molecule has 0 saturated carbocycles. The number of amides is 1. The average Bonchev–Trinajstić information content (AvgIpc) is 2.75. The van der Waals surface area contributed by atoms with Crippen molar-refractivity contribution < 1.29 is 13.6 Å². The summed E-state index contributed by atoms with van der Waals surface area (Å²) in [6, 6.07) is 7.12. The number of aryl methyl sites for hydroxylation is 1. The molecule has 1 N–H and O–H groups in total. The number of hydrogen-bond donors (Lipinski definition) is 1. The van der Waals surface area contributed by atoms with Gasteiger partial charge in [-0.2, -0.15) is 0 Å². The first kappa shape index (κ1) is 20.2. The number of pyridine rings is 2. The van der Waals surface area contributed by atoms with Crippen molar-refractivity contribution >= 4 is 28.3 Å². The van der Waals surface area contributed by atoms with Crippen molar-refractivity contribution in [2.24, 2.45) is 0 Å². The third-order valence-corrected chi connectivity index (χ3v) is 5.65. The van der Waals surface area contributed by atoms with E-state index < -0.39 is 11.6 Å². The van der Waals surface area contributed by atoms with Crippen molar-refractivity contribution in [3.8, 4) is 0 Å². The van der Waals surface area contributed by atoms with E-state index in [4.69, 9.17) is 0 Å². The first-order valence-electron chi connectivity index (χ1n) is 10.3. The zero-order valence-corrected chi connectivity index (χ0v) is 17.1. The molecule has 3 heterocycles. The zero-order valence-electron chi connectivity index (χ0n) is 17.1. The van der Waals surface area contributed by atoms with E-state index in [-0.39, 0.29) is 17.6 Å². The summed E-state index contributed by atoms with van der Waals surface area (Å²) < 4.78 is 27.7. The lowest BCUT2D eigenvalue weighted by Gasteiger charge is -2.35. The summed E-state index contributed by atoms with van der Waals surface area (Å²) in [5, 5.41) is 3.63. The van der Waals surface area contributed by atoms with E-state index in [9.17, 15) is 13.6 Å². The second-order valence-electron chi connectivity index (χ2n) is 7.68. The number of nitrogens with zero attached hydrogens (tertiary/aromatic N) is 3. The van der Waals surface area contributed by atoms with E-state index in [0.29, 0.717) is 28.8 Å². The molecule has 0 spiro atoms. The smallest absolute Gasteiger partial charge is 0.257 e. The highest BCUT2D eigenvalue weighted by molar-refractivity contribution is 6.07. The highest BCUT2D eigenvalue weighted by atomic mass is 19.1. The Hall–Kier alpha value is -3.09. The summed E-state index contributed by atoms with van der Waals surface area (Å²) in [5.41, 5.74) is 2.13. The number of carbonyl (C=O) groups is 1. The Morgan fingerprint density at radius 2 is 2.07 bits per heavy atom. The summed E-state index contributed by atoms with van der Waals surface area (Å²) in [7, 11) is 0. The maximum atomic E-state index is 14.4. The van der Waals surface area contributed by atoms with Crippen molar-refractivity contribution in [2.75, 3.05) is 11.9 Å². The quantitative estimate of drug-likeness (QED) is 0.629. The molecule has 0 aliphatic carbocycles. The number of aromatic nitrogens is 2. The van der Waals surface area contributed by atoms with Crippen LogP contribution < -0.4 is 5.32 Å². The molecule has 0 unspecified atom stereocenters. The van der Waals surface area contributed by atoms with Gasteiger partial charge in [-0.25, -0.2) is 18.7 Å². The SMILES string of the molecule is CC[C@H]1CCCCN1C(=O)c1cnc2nc(C)ccc2c1Nc1ccc(F)cc1F. The number of rotatable bonds is 4. The number of carbonyl (C=O) groups excluding carboxylic acids is 1. The summed E-state index contributed by atoms with van der Waals surface area (Å²) >= 11 is 0.